The highest BCUT2D eigenvalue weighted by Crippen LogP contribution is 2.11. The molecule has 3 aromatic rings. The highest BCUT2D eigenvalue weighted by molar-refractivity contribution is 5.91. The number of nitrogens with one attached hydrogen (secondary N) is 1. The number of para-hydroxylation sites is 1. The molecule has 1 amide bonds. The summed E-state index contributed by atoms with van der Waals surface area (Å²) >= 11 is 0. The number of aromatic nitrogens is 2. The van der Waals surface area contributed by atoms with Gasteiger partial charge in [0.15, 0.2) is 0 Å². The van der Waals surface area contributed by atoms with Gasteiger partial charge in [-0.15, -0.1) is 0 Å². The first-order chi connectivity index (χ1) is 14.5. The Balaban J connectivity index is 1.61. The van der Waals surface area contributed by atoms with E-state index in [4.69, 9.17) is 4.74 Å². The van der Waals surface area contributed by atoms with Gasteiger partial charge in [0.25, 0.3) is 11.5 Å². The second-order valence-electron chi connectivity index (χ2n) is 7.13. The maximum absolute atomic E-state index is 12.6. The second kappa shape index (κ2) is 10.4. The minimum Gasteiger partial charge on any atom is -0.492 e. The molecule has 30 heavy (non-hydrogen) atoms. The van der Waals surface area contributed by atoms with E-state index < -0.39 is 0 Å². The van der Waals surface area contributed by atoms with E-state index in [1.807, 2.05) is 68.7 Å². The maximum atomic E-state index is 12.6. The van der Waals surface area contributed by atoms with Gasteiger partial charge in [-0.3, -0.25) is 9.59 Å². The Kier molecular flexibility index (Phi) is 7.34. The smallest absolute Gasteiger partial charge is 0.271 e. The zero-order valence-electron chi connectivity index (χ0n) is 17.2. The molecule has 0 fully saturated rings. The zero-order chi connectivity index (χ0) is 21.3. The molecule has 7 nitrogen and oxygen atoms in total. The number of rotatable bonds is 9. The maximum Gasteiger partial charge on any atom is 0.271 e. The molecular formula is C23H26N4O3. The molecule has 1 N–H and O–H groups in total. The van der Waals surface area contributed by atoms with E-state index in [2.05, 4.69) is 15.3 Å². The van der Waals surface area contributed by atoms with Crippen molar-refractivity contribution in [2.24, 2.45) is 0 Å². The summed E-state index contributed by atoms with van der Waals surface area (Å²) in [5.41, 5.74) is 2.11. The van der Waals surface area contributed by atoms with Crippen LogP contribution in [-0.4, -0.2) is 41.3 Å². The molecule has 7 heteroatoms. The van der Waals surface area contributed by atoms with Crippen molar-refractivity contribution in [3.8, 4) is 5.75 Å². The number of carbonyl (C=O) groups excluding carboxylic acids is 1. The van der Waals surface area contributed by atoms with E-state index >= 15 is 0 Å². The van der Waals surface area contributed by atoms with E-state index in [-0.39, 0.29) is 30.3 Å². The first kappa shape index (κ1) is 21.3. The fraction of sp³-hybridized carbons (Fsp3) is 0.261. The van der Waals surface area contributed by atoms with Crippen LogP contribution in [0.1, 0.15) is 21.6 Å². The third kappa shape index (κ3) is 6.02. The molecule has 2 aromatic carbocycles. The van der Waals surface area contributed by atoms with Crippen molar-refractivity contribution >= 4 is 5.91 Å². The summed E-state index contributed by atoms with van der Waals surface area (Å²) < 4.78 is 6.86. The van der Waals surface area contributed by atoms with Crippen molar-refractivity contribution in [1.82, 2.24) is 20.0 Å². The van der Waals surface area contributed by atoms with Gasteiger partial charge >= 0.3 is 0 Å². The summed E-state index contributed by atoms with van der Waals surface area (Å²) in [6.45, 7) is 1.71. The van der Waals surface area contributed by atoms with E-state index in [0.717, 1.165) is 23.4 Å². The van der Waals surface area contributed by atoms with Gasteiger partial charge in [-0.1, -0.05) is 42.5 Å². The van der Waals surface area contributed by atoms with Gasteiger partial charge in [-0.2, -0.15) is 5.10 Å². The van der Waals surface area contributed by atoms with Crippen LogP contribution in [0.5, 0.6) is 5.75 Å². The summed E-state index contributed by atoms with van der Waals surface area (Å²) in [5.74, 6) is 0.392. The Labute approximate surface area is 175 Å². The molecule has 0 saturated heterocycles. The number of nitrogens with zero attached hydrogens (tertiary/aromatic N) is 3. The van der Waals surface area contributed by atoms with Gasteiger partial charge in [0, 0.05) is 19.2 Å². The molecule has 0 atom stereocenters. The number of hydrogen-bond acceptors (Lipinski definition) is 5. The van der Waals surface area contributed by atoms with Crippen LogP contribution >= 0.6 is 0 Å². The fourth-order valence-corrected chi connectivity index (χ4v) is 2.99. The first-order valence-electron chi connectivity index (χ1n) is 9.78. The van der Waals surface area contributed by atoms with Crippen LogP contribution in [-0.2, 0) is 19.6 Å². The van der Waals surface area contributed by atoms with Gasteiger partial charge in [-0.05, 0) is 43.4 Å². The van der Waals surface area contributed by atoms with E-state index in [1.54, 1.807) is 0 Å². The largest absolute Gasteiger partial charge is 0.492 e. The van der Waals surface area contributed by atoms with Crippen molar-refractivity contribution in [2.75, 3.05) is 20.7 Å². The Morgan fingerprint density at radius 1 is 1.00 bits per heavy atom. The van der Waals surface area contributed by atoms with Crippen molar-refractivity contribution in [2.45, 2.75) is 19.6 Å². The van der Waals surface area contributed by atoms with Crippen LogP contribution in [0.3, 0.4) is 0 Å². The third-order valence-electron chi connectivity index (χ3n) is 4.46. The number of hydrogen-bond donors (Lipinski definition) is 1. The number of carbonyl (C=O) groups is 1. The van der Waals surface area contributed by atoms with Crippen molar-refractivity contribution in [1.29, 1.82) is 0 Å². The number of amides is 1. The van der Waals surface area contributed by atoms with Crippen LogP contribution in [0.25, 0.3) is 0 Å². The van der Waals surface area contributed by atoms with E-state index in [9.17, 15) is 9.59 Å². The van der Waals surface area contributed by atoms with Gasteiger partial charge in [0.05, 0.1) is 6.54 Å². The second-order valence-corrected chi connectivity index (χ2v) is 7.13. The molecule has 0 radical (unpaired) electrons. The standard InChI is InChI=1S/C23H26N4O3/c1-26(2)17-19-9-7-6-8-18(19)16-24-23(29)21-12-13-22(28)27(25-21)14-15-30-20-10-4-3-5-11-20/h3-13H,14-17H2,1-2H3,(H,24,29). The zero-order valence-corrected chi connectivity index (χ0v) is 17.2. The Morgan fingerprint density at radius 3 is 2.43 bits per heavy atom. The van der Waals surface area contributed by atoms with Crippen LogP contribution in [0, 0.1) is 0 Å². The lowest BCUT2D eigenvalue weighted by molar-refractivity contribution is 0.0942. The molecule has 0 aliphatic carbocycles. The minimum absolute atomic E-state index is 0.194. The summed E-state index contributed by atoms with van der Waals surface area (Å²) in [5, 5.41) is 7.08. The number of benzene rings is 2. The summed E-state index contributed by atoms with van der Waals surface area (Å²) in [4.78, 5) is 26.7. The monoisotopic (exact) mass is 406 g/mol. The van der Waals surface area contributed by atoms with Gasteiger partial charge in [0.1, 0.15) is 18.1 Å². The first-order valence-corrected chi connectivity index (χ1v) is 9.78. The summed E-state index contributed by atoms with van der Waals surface area (Å²) in [6.07, 6.45) is 0. The Morgan fingerprint density at radius 2 is 1.70 bits per heavy atom. The topological polar surface area (TPSA) is 76.5 Å². The van der Waals surface area contributed by atoms with Crippen LogP contribution in [0.2, 0.25) is 0 Å². The lowest BCUT2D eigenvalue weighted by Crippen LogP contribution is -2.30. The SMILES string of the molecule is CN(C)Cc1ccccc1CNC(=O)c1ccc(=O)n(CCOc2ccccc2)n1. The fourth-order valence-electron chi connectivity index (χ4n) is 2.99. The van der Waals surface area contributed by atoms with Crippen LogP contribution in [0.15, 0.2) is 71.5 Å². The quantitative estimate of drug-likeness (QED) is 0.590. The molecule has 0 bridgehead atoms. The Hall–Kier alpha value is -3.45. The van der Waals surface area contributed by atoms with Crippen molar-refractivity contribution < 1.29 is 9.53 Å². The molecule has 1 aromatic heterocycles. The predicted octanol–water partition coefficient (Wildman–Crippen LogP) is 2.31. The molecule has 0 saturated carbocycles. The van der Waals surface area contributed by atoms with Crippen molar-refractivity contribution in [3.05, 3.63) is 93.9 Å². The molecule has 0 unspecified atom stereocenters. The highest BCUT2D eigenvalue weighted by atomic mass is 16.5. The van der Waals surface area contributed by atoms with E-state index in [1.165, 1.54) is 16.8 Å². The molecule has 3 rings (SSSR count). The van der Waals surface area contributed by atoms with Gasteiger partial charge in [0.2, 0.25) is 0 Å². The molecule has 0 spiro atoms. The molecule has 156 valence electrons. The molecular weight excluding hydrogens is 380 g/mol. The summed E-state index contributed by atoms with van der Waals surface area (Å²) in [7, 11) is 4.01. The average molecular weight is 406 g/mol. The molecule has 1 heterocycles. The Bertz CT molecular complexity index is 1030. The minimum atomic E-state index is -0.326. The lowest BCUT2D eigenvalue weighted by atomic mass is 10.1. The van der Waals surface area contributed by atoms with Crippen LogP contribution < -0.4 is 15.6 Å². The number of ether oxygens (including phenoxy) is 1. The van der Waals surface area contributed by atoms with Gasteiger partial charge < -0.3 is 15.0 Å². The molecule has 0 aliphatic rings. The van der Waals surface area contributed by atoms with Gasteiger partial charge in [-0.25, -0.2) is 4.68 Å². The lowest BCUT2D eigenvalue weighted by Gasteiger charge is -2.14. The molecule has 0 aliphatic heterocycles. The average Bonchev–Trinajstić information content (AvgIpc) is 2.74. The summed E-state index contributed by atoms with van der Waals surface area (Å²) in [6, 6.07) is 20.1. The van der Waals surface area contributed by atoms with Crippen molar-refractivity contribution in [3.63, 3.8) is 0 Å². The normalized spacial score (nSPS) is 10.8. The van der Waals surface area contributed by atoms with Crippen LogP contribution in [0.4, 0.5) is 0 Å². The highest BCUT2D eigenvalue weighted by Gasteiger charge is 2.11. The third-order valence-corrected chi connectivity index (χ3v) is 4.46. The predicted molar refractivity (Wildman–Crippen MR) is 115 cm³/mol. The van der Waals surface area contributed by atoms with E-state index in [0.29, 0.717) is 6.54 Å².